The van der Waals surface area contributed by atoms with E-state index in [4.69, 9.17) is 5.73 Å². The van der Waals surface area contributed by atoms with Crippen molar-refractivity contribution in [3.8, 4) is 27.9 Å². The minimum Gasteiger partial charge on any atom is -0.405 e. The maximum Gasteiger partial charge on any atom is 0.0582 e. The Morgan fingerprint density at radius 3 is 2.22 bits per heavy atom. The average Bonchev–Trinajstić information content (AvgIpc) is 3.73. The molecule has 0 saturated heterocycles. The van der Waals surface area contributed by atoms with E-state index < -0.39 is 0 Å². The zero-order valence-electron chi connectivity index (χ0n) is 31.8. The Morgan fingerprint density at radius 1 is 0.709 bits per heavy atom. The van der Waals surface area contributed by atoms with E-state index in [0.29, 0.717) is 0 Å². The van der Waals surface area contributed by atoms with Crippen molar-refractivity contribution in [3.63, 3.8) is 0 Å². The first kappa shape index (κ1) is 34.1. The van der Waals surface area contributed by atoms with Crippen LogP contribution in [0.5, 0.6) is 0 Å². The van der Waals surface area contributed by atoms with E-state index in [1.54, 1.807) is 6.20 Å². The van der Waals surface area contributed by atoms with Crippen molar-refractivity contribution < 1.29 is 0 Å². The van der Waals surface area contributed by atoms with Crippen molar-refractivity contribution in [2.45, 2.75) is 39.5 Å². The minimum atomic E-state index is 0.265. The number of nitrogens with two attached hydrogens (primary N) is 1. The van der Waals surface area contributed by atoms with E-state index >= 15 is 0 Å². The van der Waals surface area contributed by atoms with Crippen LogP contribution >= 0.6 is 0 Å². The van der Waals surface area contributed by atoms with Crippen molar-refractivity contribution in [2.24, 2.45) is 5.73 Å². The Labute approximate surface area is 322 Å². The largest absolute Gasteiger partial charge is 0.405 e. The van der Waals surface area contributed by atoms with Gasteiger partial charge < -0.3 is 14.9 Å². The number of benzene rings is 5. The molecule has 8 aromatic rings. The minimum absolute atomic E-state index is 0.265. The third kappa shape index (κ3) is 5.32. The number of hydrogen-bond donors (Lipinski definition) is 1. The third-order valence-corrected chi connectivity index (χ3v) is 11.7. The first-order valence-electron chi connectivity index (χ1n) is 19.2. The first-order chi connectivity index (χ1) is 27.0. The van der Waals surface area contributed by atoms with Gasteiger partial charge in [-0.1, -0.05) is 81.1 Å². The van der Waals surface area contributed by atoms with Crippen molar-refractivity contribution >= 4 is 54.9 Å². The topological polar surface area (TPSA) is 48.8 Å². The van der Waals surface area contributed by atoms with Crippen molar-refractivity contribution in [1.29, 1.82) is 0 Å². The lowest BCUT2D eigenvalue weighted by atomic mass is 9.72. The molecule has 55 heavy (non-hydrogen) atoms. The van der Waals surface area contributed by atoms with Crippen molar-refractivity contribution in [2.75, 3.05) is 0 Å². The maximum absolute atomic E-state index is 5.87. The Bertz CT molecular complexity index is 2930. The smallest absolute Gasteiger partial charge is 0.0582 e. The van der Waals surface area contributed by atoms with E-state index in [1.165, 1.54) is 71.4 Å². The molecule has 2 N–H and O–H groups in total. The molecule has 0 spiro atoms. The number of para-hydroxylation sites is 1. The van der Waals surface area contributed by atoms with E-state index in [1.807, 2.05) is 24.5 Å². The Kier molecular flexibility index (Phi) is 8.47. The summed E-state index contributed by atoms with van der Waals surface area (Å²) in [5, 5.41) is 4.99. The summed E-state index contributed by atoms with van der Waals surface area (Å²) < 4.78 is 4.89. The predicted molar refractivity (Wildman–Crippen MR) is 236 cm³/mol. The van der Waals surface area contributed by atoms with Crippen LogP contribution in [-0.4, -0.2) is 14.1 Å². The fourth-order valence-electron chi connectivity index (χ4n) is 9.03. The van der Waals surface area contributed by atoms with Crippen LogP contribution in [0.3, 0.4) is 0 Å². The molecule has 2 atom stereocenters. The van der Waals surface area contributed by atoms with Gasteiger partial charge in [0, 0.05) is 45.3 Å². The van der Waals surface area contributed by atoms with Gasteiger partial charge in [0.1, 0.15) is 0 Å². The standard InChI is InChI=1S/C51H44N4/c1-6-12-38(13-7-2)54-47-20-17-37(35-23-26-53-27-24-35)29-45(47)46-30-42-32(4)33(5)50-40(43(42)31-49(46)54)18-19-41-44-28-36(34(8-3)22-25-52)16-21-48(44)55(51(41)50)39-14-10-9-11-15-39/h6-33H,1,52H2,2-5H3/b13-7-,25-22-,34-8+,38-12+. The zero-order chi connectivity index (χ0) is 37.8. The summed E-state index contributed by atoms with van der Waals surface area (Å²) in [6, 6.07) is 38.3. The summed E-state index contributed by atoms with van der Waals surface area (Å²) >= 11 is 0. The summed E-state index contributed by atoms with van der Waals surface area (Å²) in [6.45, 7) is 13.1. The van der Waals surface area contributed by atoms with Gasteiger partial charge in [-0.25, -0.2) is 0 Å². The summed E-state index contributed by atoms with van der Waals surface area (Å²) in [7, 11) is 0. The van der Waals surface area contributed by atoms with Gasteiger partial charge in [0.15, 0.2) is 0 Å². The van der Waals surface area contributed by atoms with E-state index in [0.717, 1.165) is 28.1 Å². The summed E-state index contributed by atoms with van der Waals surface area (Å²) in [5.74, 6) is 0.543. The van der Waals surface area contributed by atoms with Crippen LogP contribution in [0.4, 0.5) is 0 Å². The Hall–Kier alpha value is -6.65. The Balaban J connectivity index is 1.38. The molecule has 2 unspecified atom stereocenters. The van der Waals surface area contributed by atoms with Crippen LogP contribution < -0.4 is 5.73 Å². The molecule has 4 nitrogen and oxygen atoms in total. The fourth-order valence-corrected chi connectivity index (χ4v) is 9.03. The molecule has 3 aromatic heterocycles. The molecule has 3 heterocycles. The van der Waals surface area contributed by atoms with Gasteiger partial charge in [-0.2, -0.15) is 0 Å². The SMILES string of the molecule is C=C/C=C(\C=C/C)n1c2ccc(-c3ccncc3)cc2c2cc3c(cc21)-c1ccc2c4cc(C(/C=C\N)=C/C)ccc4n(-c4ccccc4)c2c1C(C)C3C. The van der Waals surface area contributed by atoms with Crippen LogP contribution in [0.2, 0.25) is 0 Å². The summed E-state index contributed by atoms with van der Waals surface area (Å²) in [4.78, 5) is 4.27. The molecule has 0 saturated carbocycles. The molecule has 0 aliphatic heterocycles. The molecule has 9 rings (SSSR count). The molecule has 268 valence electrons. The van der Waals surface area contributed by atoms with Crippen molar-refractivity contribution in [3.05, 3.63) is 181 Å². The number of nitrogens with zero attached hydrogens (tertiary/aromatic N) is 3. The normalized spacial score (nSPS) is 16.2. The average molecular weight is 713 g/mol. The zero-order valence-corrected chi connectivity index (χ0v) is 31.8. The second kappa shape index (κ2) is 13.6. The van der Waals surface area contributed by atoms with Crippen LogP contribution in [0.1, 0.15) is 56.2 Å². The summed E-state index contributed by atoms with van der Waals surface area (Å²) in [6.07, 6.45) is 17.7. The predicted octanol–water partition coefficient (Wildman–Crippen LogP) is 13.3. The number of fused-ring (bicyclic) bond motifs is 10. The van der Waals surface area contributed by atoms with Gasteiger partial charge in [-0.3, -0.25) is 4.98 Å². The van der Waals surface area contributed by atoms with Gasteiger partial charge >= 0.3 is 0 Å². The summed E-state index contributed by atoms with van der Waals surface area (Å²) in [5.41, 5.74) is 22.9. The molecule has 0 amide bonds. The van der Waals surface area contributed by atoms with Gasteiger partial charge in [-0.05, 0) is 155 Å². The van der Waals surface area contributed by atoms with Gasteiger partial charge in [-0.15, -0.1) is 0 Å². The highest BCUT2D eigenvalue weighted by molar-refractivity contribution is 6.15. The lowest BCUT2D eigenvalue weighted by Gasteiger charge is -2.33. The quantitative estimate of drug-likeness (QED) is 0.167. The van der Waals surface area contributed by atoms with E-state index in [-0.39, 0.29) is 11.8 Å². The monoisotopic (exact) mass is 712 g/mol. The molecular formula is C51H44N4. The lowest BCUT2D eigenvalue weighted by molar-refractivity contribution is 0.619. The van der Waals surface area contributed by atoms with Crippen LogP contribution in [0.25, 0.3) is 82.8 Å². The number of hydrogen-bond acceptors (Lipinski definition) is 2. The van der Waals surface area contributed by atoms with Gasteiger partial charge in [0.05, 0.1) is 22.1 Å². The molecule has 1 aliphatic carbocycles. The highest BCUT2D eigenvalue weighted by Gasteiger charge is 2.33. The molecule has 0 fully saturated rings. The van der Waals surface area contributed by atoms with E-state index in [2.05, 4.69) is 176 Å². The van der Waals surface area contributed by atoms with Gasteiger partial charge in [0.25, 0.3) is 0 Å². The van der Waals surface area contributed by atoms with Crippen LogP contribution in [-0.2, 0) is 0 Å². The highest BCUT2D eigenvalue weighted by atomic mass is 15.0. The maximum atomic E-state index is 5.87. The van der Waals surface area contributed by atoms with Crippen LogP contribution in [0.15, 0.2) is 165 Å². The van der Waals surface area contributed by atoms with Gasteiger partial charge in [0.2, 0.25) is 0 Å². The number of rotatable bonds is 7. The molecule has 4 heteroatoms. The molecule has 1 aliphatic rings. The van der Waals surface area contributed by atoms with Crippen molar-refractivity contribution in [1.82, 2.24) is 14.1 Å². The highest BCUT2D eigenvalue weighted by Crippen LogP contribution is 2.53. The third-order valence-electron chi connectivity index (χ3n) is 11.7. The number of allylic oxidation sites excluding steroid dienone is 8. The Morgan fingerprint density at radius 2 is 1.47 bits per heavy atom. The van der Waals surface area contributed by atoms with E-state index in [9.17, 15) is 0 Å². The lowest BCUT2D eigenvalue weighted by Crippen LogP contribution is -2.15. The molecular weight excluding hydrogens is 669 g/mol. The molecule has 0 radical (unpaired) electrons. The fraction of sp³-hybridized carbons (Fsp3) is 0.118. The number of aromatic nitrogens is 3. The molecule has 0 bridgehead atoms. The second-order valence-electron chi connectivity index (χ2n) is 14.6. The first-order valence-corrected chi connectivity index (χ1v) is 19.2. The molecule has 5 aromatic carbocycles. The van der Waals surface area contributed by atoms with Crippen LogP contribution in [0, 0.1) is 0 Å². The second-order valence-corrected chi connectivity index (χ2v) is 14.6. The number of pyridine rings is 1.